The normalized spacial score (nSPS) is 20.3. The predicted molar refractivity (Wildman–Crippen MR) is 87.3 cm³/mol. The zero-order chi connectivity index (χ0) is 17.0. The first-order valence-electron chi connectivity index (χ1n) is 8.13. The minimum absolute atomic E-state index is 0.0804. The number of halogens is 1. The van der Waals surface area contributed by atoms with Crippen molar-refractivity contribution in [3.05, 3.63) is 24.3 Å². The van der Waals surface area contributed by atoms with E-state index in [9.17, 15) is 9.18 Å². The molecule has 0 aliphatic carbocycles. The Balaban J connectivity index is 1.56. The molecule has 0 radical (unpaired) electrons. The van der Waals surface area contributed by atoms with Crippen LogP contribution >= 0.6 is 0 Å². The van der Waals surface area contributed by atoms with Gasteiger partial charge < -0.3 is 20.7 Å². The lowest BCUT2D eigenvalue weighted by atomic mass is 9.77. The molecular weight excluding hydrogens is 313 g/mol. The molecule has 1 aromatic heterocycles. The van der Waals surface area contributed by atoms with E-state index in [0.29, 0.717) is 23.6 Å². The Hall–Kier alpha value is -2.22. The lowest BCUT2D eigenvalue weighted by Crippen LogP contribution is -2.44. The van der Waals surface area contributed by atoms with Crippen LogP contribution in [0.5, 0.6) is 5.75 Å². The minimum atomic E-state index is -0.198. The van der Waals surface area contributed by atoms with E-state index in [1.54, 1.807) is 12.4 Å². The van der Waals surface area contributed by atoms with E-state index in [1.165, 1.54) is 0 Å². The van der Waals surface area contributed by atoms with E-state index >= 15 is 0 Å². The molecule has 1 aromatic rings. The molecule has 0 bridgehead atoms. The van der Waals surface area contributed by atoms with Crippen molar-refractivity contribution in [3.8, 4) is 5.75 Å². The van der Waals surface area contributed by atoms with Crippen LogP contribution in [0.3, 0.4) is 0 Å². The number of nitrogens with one attached hydrogen (secondary N) is 1. The highest BCUT2D eigenvalue weighted by Crippen LogP contribution is 2.38. The molecule has 2 aliphatic heterocycles. The maximum absolute atomic E-state index is 12.4. The summed E-state index contributed by atoms with van der Waals surface area (Å²) in [6, 6.07) is 0. The van der Waals surface area contributed by atoms with Gasteiger partial charge in [0.05, 0.1) is 24.1 Å². The fraction of sp³-hybridized carbons (Fsp3) is 0.562. The number of carbonyl (C=O) groups excluding carboxylic acids is 1. The van der Waals surface area contributed by atoms with Crippen molar-refractivity contribution < 1.29 is 13.9 Å². The third kappa shape index (κ3) is 3.33. The van der Waals surface area contributed by atoms with Gasteiger partial charge in [-0.15, -0.1) is 0 Å². The molecule has 0 atom stereocenters. The number of hydrogen-bond acceptors (Lipinski definition) is 6. The van der Waals surface area contributed by atoms with Crippen molar-refractivity contribution in [2.45, 2.75) is 19.3 Å². The first-order valence-corrected chi connectivity index (χ1v) is 8.13. The smallest absolute Gasteiger partial charge is 0.226 e. The van der Waals surface area contributed by atoms with Crippen molar-refractivity contribution in [2.24, 2.45) is 11.1 Å². The second kappa shape index (κ2) is 7.12. The summed E-state index contributed by atoms with van der Waals surface area (Å²) >= 11 is 0. The largest absolute Gasteiger partial charge is 0.486 e. The van der Waals surface area contributed by atoms with Crippen LogP contribution in [0.2, 0.25) is 0 Å². The van der Waals surface area contributed by atoms with E-state index in [1.807, 2.05) is 0 Å². The molecule has 0 unspecified atom stereocenters. The lowest BCUT2D eigenvalue weighted by molar-refractivity contribution is -0.128. The van der Waals surface area contributed by atoms with Gasteiger partial charge in [-0.1, -0.05) is 0 Å². The second-order valence-electron chi connectivity index (χ2n) is 6.25. The molecule has 24 heavy (non-hydrogen) atoms. The maximum atomic E-state index is 12.4. The molecule has 3 rings (SSSR count). The third-order valence-corrected chi connectivity index (χ3v) is 4.83. The van der Waals surface area contributed by atoms with Gasteiger partial charge in [0.25, 0.3) is 0 Å². The van der Waals surface area contributed by atoms with Crippen LogP contribution in [-0.4, -0.2) is 48.7 Å². The fourth-order valence-corrected chi connectivity index (χ4v) is 3.19. The molecule has 8 heteroatoms. The molecule has 2 aliphatic rings. The molecule has 7 nitrogen and oxygen atoms in total. The quantitative estimate of drug-likeness (QED) is 0.826. The van der Waals surface area contributed by atoms with Gasteiger partial charge in [-0.2, -0.15) is 0 Å². The fourth-order valence-electron chi connectivity index (χ4n) is 3.19. The number of rotatable bonds is 5. The van der Waals surface area contributed by atoms with Gasteiger partial charge in [-0.3, -0.25) is 4.79 Å². The zero-order valence-electron chi connectivity index (χ0n) is 13.5. The van der Waals surface area contributed by atoms with Crippen molar-refractivity contribution in [2.75, 3.05) is 37.7 Å². The number of nitrogens with zero attached hydrogens (tertiary/aromatic N) is 3. The number of ether oxygens (including phenoxy) is 1. The molecular formula is C16H22FN5O2. The summed E-state index contributed by atoms with van der Waals surface area (Å²) in [6.45, 7) is 2.49. The van der Waals surface area contributed by atoms with E-state index in [-0.39, 0.29) is 24.5 Å². The number of anilines is 1. The van der Waals surface area contributed by atoms with Gasteiger partial charge >= 0.3 is 0 Å². The van der Waals surface area contributed by atoms with Crippen molar-refractivity contribution in [3.63, 3.8) is 0 Å². The Bertz CT molecular complexity index is 611. The van der Waals surface area contributed by atoms with Gasteiger partial charge in [0, 0.05) is 31.8 Å². The summed E-state index contributed by atoms with van der Waals surface area (Å²) in [4.78, 5) is 22.7. The van der Waals surface area contributed by atoms with Gasteiger partial charge in [0.2, 0.25) is 11.9 Å². The summed E-state index contributed by atoms with van der Waals surface area (Å²) in [5.74, 6) is 1.27. The lowest BCUT2D eigenvalue weighted by Gasteiger charge is -2.37. The standard InChI is InChI=1S/C16H22FN5O2/c17-7-12(8-18)11-24-13-9-20-15(21-10-13)22-5-2-16(3-6-22)1-4-19-14(16)23/h7,9-10H,1-6,8,11,18H2,(H,19,23)/b12-7+. The highest BCUT2D eigenvalue weighted by atomic mass is 19.1. The van der Waals surface area contributed by atoms with Crippen molar-refractivity contribution in [1.82, 2.24) is 15.3 Å². The molecule has 2 saturated heterocycles. The number of aromatic nitrogens is 2. The van der Waals surface area contributed by atoms with Gasteiger partial charge in [0.15, 0.2) is 5.75 Å². The number of hydrogen-bond donors (Lipinski definition) is 2. The van der Waals surface area contributed by atoms with E-state index in [2.05, 4.69) is 20.2 Å². The van der Waals surface area contributed by atoms with Crippen LogP contribution in [0.25, 0.3) is 0 Å². The van der Waals surface area contributed by atoms with Gasteiger partial charge in [-0.25, -0.2) is 14.4 Å². The zero-order valence-corrected chi connectivity index (χ0v) is 13.5. The van der Waals surface area contributed by atoms with E-state index in [4.69, 9.17) is 10.5 Å². The average molecular weight is 335 g/mol. The second-order valence-corrected chi connectivity index (χ2v) is 6.25. The Morgan fingerprint density at radius 3 is 2.62 bits per heavy atom. The first-order chi connectivity index (χ1) is 11.7. The van der Waals surface area contributed by atoms with Crippen LogP contribution in [0.1, 0.15) is 19.3 Å². The molecule has 1 spiro atoms. The predicted octanol–water partition coefficient (Wildman–Crippen LogP) is 0.774. The highest BCUT2D eigenvalue weighted by Gasteiger charge is 2.44. The molecule has 3 N–H and O–H groups in total. The van der Waals surface area contributed by atoms with Crippen molar-refractivity contribution >= 4 is 11.9 Å². The minimum Gasteiger partial charge on any atom is -0.486 e. The maximum Gasteiger partial charge on any atom is 0.226 e. The van der Waals surface area contributed by atoms with Crippen LogP contribution in [0.4, 0.5) is 10.3 Å². The number of piperidine rings is 1. The molecule has 2 fully saturated rings. The Kier molecular flexibility index (Phi) is 4.94. The van der Waals surface area contributed by atoms with Crippen molar-refractivity contribution in [1.29, 1.82) is 0 Å². The summed E-state index contributed by atoms with van der Waals surface area (Å²) in [7, 11) is 0. The summed E-state index contributed by atoms with van der Waals surface area (Å²) in [5, 5.41) is 2.93. The Morgan fingerprint density at radius 1 is 1.38 bits per heavy atom. The van der Waals surface area contributed by atoms with Crippen LogP contribution < -0.4 is 20.7 Å². The van der Waals surface area contributed by atoms with E-state index < -0.39 is 0 Å². The monoisotopic (exact) mass is 335 g/mol. The molecule has 130 valence electrons. The topological polar surface area (TPSA) is 93.4 Å². The summed E-state index contributed by atoms with van der Waals surface area (Å²) < 4.78 is 17.8. The number of nitrogens with two attached hydrogens (primary N) is 1. The van der Waals surface area contributed by atoms with Gasteiger partial charge in [-0.05, 0) is 19.3 Å². The van der Waals surface area contributed by atoms with Gasteiger partial charge in [0.1, 0.15) is 6.61 Å². The van der Waals surface area contributed by atoms with Crippen LogP contribution in [0.15, 0.2) is 24.3 Å². The number of carbonyl (C=O) groups is 1. The SMILES string of the molecule is NC/C(=C\F)COc1cnc(N2CCC3(CCNC3=O)CC2)nc1. The highest BCUT2D eigenvalue weighted by molar-refractivity contribution is 5.85. The van der Waals surface area contributed by atoms with Crippen LogP contribution in [0, 0.1) is 5.41 Å². The first kappa shape index (κ1) is 16.6. The van der Waals surface area contributed by atoms with Crippen LogP contribution in [-0.2, 0) is 4.79 Å². The summed E-state index contributed by atoms with van der Waals surface area (Å²) in [5.41, 5.74) is 5.55. The molecule has 0 aromatic carbocycles. The molecule has 1 amide bonds. The van der Waals surface area contributed by atoms with E-state index in [0.717, 1.165) is 38.9 Å². The number of amides is 1. The average Bonchev–Trinajstić information content (AvgIpc) is 2.97. The Labute approximate surface area is 140 Å². The molecule has 0 saturated carbocycles. The molecule has 3 heterocycles. The summed E-state index contributed by atoms with van der Waals surface area (Å²) in [6.07, 6.45) is 6.16. The Morgan fingerprint density at radius 2 is 2.08 bits per heavy atom. The third-order valence-electron chi connectivity index (χ3n) is 4.83.